The highest BCUT2D eigenvalue weighted by molar-refractivity contribution is 7.89. The van der Waals surface area contributed by atoms with Gasteiger partial charge in [-0.1, -0.05) is 24.3 Å². The maximum absolute atomic E-state index is 12.8. The normalized spacial score (nSPS) is 11.5. The van der Waals surface area contributed by atoms with Gasteiger partial charge in [0.25, 0.3) is 5.91 Å². The highest BCUT2D eigenvalue weighted by Crippen LogP contribution is 2.16. The summed E-state index contributed by atoms with van der Waals surface area (Å²) in [6.45, 7) is 0. The number of amides is 1. The highest BCUT2D eigenvalue weighted by Gasteiger charge is 2.19. The first-order chi connectivity index (χ1) is 10.9. The molecule has 1 aromatic heterocycles. The van der Waals surface area contributed by atoms with Crippen LogP contribution in [0.25, 0.3) is 10.9 Å². The molecule has 1 amide bonds. The number of benzene rings is 2. The number of halogens is 1. The second-order valence-corrected chi connectivity index (χ2v) is 6.68. The van der Waals surface area contributed by atoms with Gasteiger partial charge in [0, 0.05) is 5.39 Å². The predicted molar refractivity (Wildman–Crippen MR) is 82.6 cm³/mol. The molecule has 3 rings (SSSR count). The number of rotatable bonds is 4. The Bertz CT molecular complexity index is 965. The van der Waals surface area contributed by atoms with Gasteiger partial charge in [-0.2, -0.15) is 5.10 Å². The molecule has 6 nitrogen and oxygen atoms in total. The van der Waals surface area contributed by atoms with E-state index in [1.54, 1.807) is 18.3 Å². The fourth-order valence-electron chi connectivity index (χ4n) is 2.19. The molecule has 0 saturated heterocycles. The smallest absolute Gasteiger partial charge is 0.266 e. The third-order valence-corrected chi connectivity index (χ3v) is 4.45. The minimum Gasteiger partial charge on any atom is -0.277 e. The van der Waals surface area contributed by atoms with Crippen LogP contribution in [0.4, 0.5) is 4.39 Å². The first-order valence-corrected chi connectivity index (χ1v) is 8.31. The Morgan fingerprint density at radius 2 is 1.91 bits per heavy atom. The molecule has 1 heterocycles. The van der Waals surface area contributed by atoms with Crippen LogP contribution < -0.4 is 4.72 Å². The average molecular weight is 333 g/mol. The lowest BCUT2D eigenvalue weighted by Gasteiger charge is -2.07. The maximum atomic E-state index is 12.8. The van der Waals surface area contributed by atoms with E-state index < -0.39 is 27.5 Å². The Balaban J connectivity index is 1.81. The van der Waals surface area contributed by atoms with E-state index in [1.165, 1.54) is 18.2 Å². The summed E-state index contributed by atoms with van der Waals surface area (Å²) in [6.07, 6.45) is 1.54. The fourth-order valence-corrected chi connectivity index (χ4v) is 3.29. The van der Waals surface area contributed by atoms with Gasteiger partial charge in [-0.3, -0.25) is 9.89 Å². The third-order valence-electron chi connectivity index (χ3n) is 3.24. The van der Waals surface area contributed by atoms with Crippen molar-refractivity contribution in [2.45, 2.75) is 5.75 Å². The quantitative estimate of drug-likeness (QED) is 0.763. The summed E-state index contributed by atoms with van der Waals surface area (Å²) < 4.78 is 39.0. The lowest BCUT2D eigenvalue weighted by molar-refractivity contribution is 0.0983. The van der Waals surface area contributed by atoms with Crippen molar-refractivity contribution in [3.8, 4) is 0 Å². The predicted octanol–water partition coefficient (Wildman–Crippen LogP) is 1.96. The number of H-pyrrole nitrogens is 1. The van der Waals surface area contributed by atoms with Gasteiger partial charge in [0.2, 0.25) is 10.0 Å². The van der Waals surface area contributed by atoms with E-state index in [4.69, 9.17) is 0 Å². The number of aromatic amines is 1. The van der Waals surface area contributed by atoms with Crippen LogP contribution in [-0.2, 0) is 15.8 Å². The number of hydrogen-bond acceptors (Lipinski definition) is 4. The fraction of sp³-hybridized carbons (Fsp3) is 0.0667. The zero-order chi connectivity index (χ0) is 16.4. The van der Waals surface area contributed by atoms with Crippen molar-refractivity contribution in [3.63, 3.8) is 0 Å². The van der Waals surface area contributed by atoms with Crippen LogP contribution in [0.3, 0.4) is 0 Å². The minimum absolute atomic E-state index is 0.183. The molecule has 23 heavy (non-hydrogen) atoms. The van der Waals surface area contributed by atoms with E-state index in [9.17, 15) is 17.6 Å². The highest BCUT2D eigenvalue weighted by atomic mass is 32.2. The SMILES string of the molecule is O=C(NS(=O)(=O)Cc1ccc(F)cc1)c1cccc2cn[nH]c12. The summed E-state index contributed by atoms with van der Waals surface area (Å²) in [5.74, 6) is -1.62. The largest absolute Gasteiger partial charge is 0.277 e. The molecule has 0 bridgehead atoms. The van der Waals surface area contributed by atoms with E-state index in [2.05, 4.69) is 10.2 Å². The molecule has 0 saturated carbocycles. The molecule has 0 aliphatic rings. The van der Waals surface area contributed by atoms with Crippen LogP contribution in [0.2, 0.25) is 0 Å². The molecule has 3 aromatic rings. The molecule has 8 heteroatoms. The summed E-state index contributed by atoms with van der Waals surface area (Å²) in [4.78, 5) is 12.2. The second-order valence-electron chi connectivity index (χ2n) is 4.96. The number of sulfonamides is 1. The van der Waals surface area contributed by atoms with Crippen LogP contribution in [0.1, 0.15) is 15.9 Å². The third kappa shape index (κ3) is 3.37. The van der Waals surface area contributed by atoms with Gasteiger partial charge >= 0.3 is 0 Å². The van der Waals surface area contributed by atoms with Crippen molar-refractivity contribution < 1.29 is 17.6 Å². The molecule has 0 spiro atoms. The molecule has 0 aliphatic carbocycles. The zero-order valence-corrected chi connectivity index (χ0v) is 12.6. The Morgan fingerprint density at radius 1 is 1.17 bits per heavy atom. The number of nitrogens with zero attached hydrogens (tertiary/aromatic N) is 1. The maximum Gasteiger partial charge on any atom is 0.266 e. The minimum atomic E-state index is -3.90. The molecule has 0 atom stereocenters. The van der Waals surface area contributed by atoms with Gasteiger partial charge in [-0.25, -0.2) is 17.5 Å². The topological polar surface area (TPSA) is 91.9 Å². The van der Waals surface area contributed by atoms with Gasteiger partial charge in [0.1, 0.15) is 5.82 Å². The number of nitrogens with one attached hydrogen (secondary N) is 2. The van der Waals surface area contributed by atoms with Crippen molar-refractivity contribution >= 4 is 26.8 Å². The van der Waals surface area contributed by atoms with Crippen molar-refractivity contribution in [1.29, 1.82) is 0 Å². The lowest BCUT2D eigenvalue weighted by atomic mass is 10.1. The zero-order valence-electron chi connectivity index (χ0n) is 11.8. The Labute approximate surface area is 131 Å². The van der Waals surface area contributed by atoms with Crippen LogP contribution >= 0.6 is 0 Å². The molecule has 0 unspecified atom stereocenters. The van der Waals surface area contributed by atoms with E-state index in [1.807, 2.05) is 4.72 Å². The first-order valence-electron chi connectivity index (χ1n) is 6.66. The van der Waals surface area contributed by atoms with Crippen molar-refractivity contribution in [3.05, 3.63) is 65.6 Å². The number of fused-ring (bicyclic) bond motifs is 1. The van der Waals surface area contributed by atoms with E-state index in [-0.39, 0.29) is 5.56 Å². The standard InChI is InChI=1S/C15H12FN3O3S/c16-12-6-4-10(5-7-12)9-23(21,22)19-15(20)13-3-1-2-11-8-17-18-14(11)13/h1-8H,9H2,(H,17,18)(H,19,20). The summed E-state index contributed by atoms with van der Waals surface area (Å²) in [5, 5.41) is 7.19. The average Bonchev–Trinajstić information content (AvgIpc) is 2.97. The van der Waals surface area contributed by atoms with Gasteiger partial charge < -0.3 is 0 Å². The summed E-state index contributed by atoms with van der Waals surface area (Å²) in [6, 6.07) is 9.94. The van der Waals surface area contributed by atoms with Gasteiger partial charge in [0.05, 0.1) is 23.0 Å². The molecule has 0 radical (unpaired) electrons. The Hall–Kier alpha value is -2.74. The number of hydrogen-bond donors (Lipinski definition) is 2. The van der Waals surface area contributed by atoms with Crippen molar-refractivity contribution in [2.75, 3.05) is 0 Å². The second kappa shape index (κ2) is 5.81. The molecule has 0 fully saturated rings. The van der Waals surface area contributed by atoms with E-state index in [0.29, 0.717) is 16.5 Å². The molecule has 118 valence electrons. The number of para-hydroxylation sites is 1. The molecular weight excluding hydrogens is 321 g/mol. The summed E-state index contributed by atoms with van der Waals surface area (Å²) in [5.41, 5.74) is 1.02. The first kappa shape index (κ1) is 15.2. The molecular formula is C15H12FN3O3S. The number of carbonyl (C=O) groups excluding carboxylic acids is 1. The van der Waals surface area contributed by atoms with Crippen LogP contribution in [0.5, 0.6) is 0 Å². The van der Waals surface area contributed by atoms with Gasteiger partial charge in [0.15, 0.2) is 0 Å². The van der Waals surface area contributed by atoms with E-state index in [0.717, 1.165) is 12.1 Å². The van der Waals surface area contributed by atoms with Gasteiger partial charge in [-0.05, 0) is 23.8 Å². The number of carbonyl (C=O) groups is 1. The van der Waals surface area contributed by atoms with Crippen LogP contribution in [0.15, 0.2) is 48.7 Å². The summed E-state index contributed by atoms with van der Waals surface area (Å²) in [7, 11) is -3.90. The lowest BCUT2D eigenvalue weighted by Crippen LogP contribution is -2.31. The number of aromatic nitrogens is 2. The van der Waals surface area contributed by atoms with Crippen molar-refractivity contribution in [2.24, 2.45) is 0 Å². The Kier molecular flexibility index (Phi) is 3.83. The van der Waals surface area contributed by atoms with E-state index >= 15 is 0 Å². The molecule has 2 N–H and O–H groups in total. The Morgan fingerprint density at radius 3 is 2.65 bits per heavy atom. The van der Waals surface area contributed by atoms with Crippen molar-refractivity contribution in [1.82, 2.24) is 14.9 Å². The molecule has 0 aliphatic heterocycles. The monoisotopic (exact) mass is 333 g/mol. The van der Waals surface area contributed by atoms with Gasteiger partial charge in [-0.15, -0.1) is 0 Å². The van der Waals surface area contributed by atoms with Crippen LogP contribution in [0, 0.1) is 5.82 Å². The van der Waals surface area contributed by atoms with Crippen LogP contribution in [-0.4, -0.2) is 24.5 Å². The molecule has 2 aromatic carbocycles. The summed E-state index contributed by atoms with van der Waals surface area (Å²) >= 11 is 0.